The molecule has 2 saturated heterocycles. The number of benzene rings is 2. The maximum absolute atomic E-state index is 13.0. The van der Waals surface area contributed by atoms with Crippen LogP contribution >= 0.6 is 0 Å². The zero-order valence-electron chi connectivity index (χ0n) is 29.8. The van der Waals surface area contributed by atoms with Gasteiger partial charge in [-0.25, -0.2) is 9.59 Å². The van der Waals surface area contributed by atoms with Gasteiger partial charge in [0.05, 0.1) is 11.1 Å². The summed E-state index contributed by atoms with van der Waals surface area (Å²) in [6.45, 7) is 17.3. The van der Waals surface area contributed by atoms with Crippen molar-refractivity contribution in [3.63, 3.8) is 0 Å². The van der Waals surface area contributed by atoms with Gasteiger partial charge in [0.15, 0.2) is 6.29 Å². The molecule has 1 aliphatic carbocycles. The zero-order valence-corrected chi connectivity index (χ0v) is 29.8. The van der Waals surface area contributed by atoms with Gasteiger partial charge in [-0.1, -0.05) is 55.7 Å². The maximum atomic E-state index is 13.0. The van der Waals surface area contributed by atoms with Gasteiger partial charge in [-0.2, -0.15) is 10.1 Å². The molecule has 0 atom stereocenters. The van der Waals surface area contributed by atoms with E-state index in [0.717, 1.165) is 25.7 Å². The Hall–Kier alpha value is -2.78. The van der Waals surface area contributed by atoms with Crippen molar-refractivity contribution in [2.75, 3.05) is 0 Å². The van der Waals surface area contributed by atoms with Crippen LogP contribution in [-0.4, -0.2) is 62.7 Å². The maximum Gasteiger partial charge on any atom is 0.338 e. The van der Waals surface area contributed by atoms with Gasteiger partial charge >= 0.3 is 11.9 Å². The number of nitrogens with zero attached hydrogens (tertiary/aromatic N) is 2. The Morgan fingerprint density at radius 1 is 0.574 bits per heavy atom. The van der Waals surface area contributed by atoms with Crippen molar-refractivity contribution in [2.45, 2.75) is 154 Å². The predicted octanol–water partition coefficient (Wildman–Crippen LogP) is 8.51. The summed E-state index contributed by atoms with van der Waals surface area (Å²) >= 11 is 0. The van der Waals surface area contributed by atoms with E-state index in [1.807, 2.05) is 36.4 Å². The molecule has 0 unspecified atom stereocenters. The molecule has 0 aromatic heterocycles. The molecule has 0 amide bonds. The molecule has 0 bridgehead atoms. The molecule has 2 aliphatic heterocycles. The average molecular weight is 649 g/mol. The minimum absolute atomic E-state index is 0.239. The van der Waals surface area contributed by atoms with Crippen LogP contribution in [0.1, 0.15) is 134 Å². The van der Waals surface area contributed by atoms with E-state index in [9.17, 15) is 9.59 Å². The molecule has 8 heteroatoms. The fraction of sp³-hybridized carbons (Fsp3) is 0.641. The molecule has 0 radical (unpaired) electrons. The van der Waals surface area contributed by atoms with Crippen molar-refractivity contribution in [1.82, 2.24) is 10.1 Å². The van der Waals surface area contributed by atoms with Gasteiger partial charge in [0.2, 0.25) is 0 Å². The summed E-state index contributed by atoms with van der Waals surface area (Å²) < 4.78 is 12.1. The second-order valence-corrected chi connectivity index (χ2v) is 16.4. The van der Waals surface area contributed by atoms with E-state index in [0.29, 0.717) is 36.8 Å². The summed E-state index contributed by atoms with van der Waals surface area (Å²) in [4.78, 5) is 40.1. The second-order valence-electron chi connectivity index (χ2n) is 16.4. The fourth-order valence-electron chi connectivity index (χ4n) is 8.47. The first kappa shape index (κ1) is 35.5. The van der Waals surface area contributed by atoms with Crippen molar-refractivity contribution in [2.24, 2.45) is 5.92 Å². The first-order valence-corrected chi connectivity index (χ1v) is 17.5. The van der Waals surface area contributed by atoms with Crippen molar-refractivity contribution in [1.29, 1.82) is 0 Å². The van der Waals surface area contributed by atoms with E-state index in [1.54, 1.807) is 24.3 Å². The van der Waals surface area contributed by atoms with Gasteiger partial charge < -0.3 is 9.47 Å². The van der Waals surface area contributed by atoms with Crippen LogP contribution in [0.4, 0.5) is 0 Å². The van der Waals surface area contributed by atoms with E-state index in [2.05, 4.69) is 65.5 Å². The second kappa shape index (κ2) is 14.0. The van der Waals surface area contributed by atoms with Crippen LogP contribution in [0.2, 0.25) is 0 Å². The summed E-state index contributed by atoms with van der Waals surface area (Å²) in [5, 5.41) is 4.25. The molecule has 47 heavy (non-hydrogen) atoms. The number of rotatable bonds is 9. The smallest absolute Gasteiger partial charge is 0.338 e. The van der Waals surface area contributed by atoms with Crippen LogP contribution in [0.3, 0.4) is 0 Å². The number of hydroxylamine groups is 4. The topological polar surface area (TPSA) is 77.5 Å². The predicted molar refractivity (Wildman–Crippen MR) is 182 cm³/mol. The monoisotopic (exact) mass is 648 g/mol. The number of ether oxygens (including phenoxy) is 2. The minimum atomic E-state index is -0.487. The van der Waals surface area contributed by atoms with Crippen LogP contribution in [0, 0.1) is 5.92 Å². The number of hydrogen-bond donors (Lipinski definition) is 0. The Morgan fingerprint density at radius 3 is 1.26 bits per heavy atom. The summed E-state index contributed by atoms with van der Waals surface area (Å²) in [7, 11) is 0. The molecule has 3 fully saturated rings. The number of esters is 2. The lowest BCUT2D eigenvalue weighted by Crippen LogP contribution is -2.66. The van der Waals surface area contributed by atoms with Gasteiger partial charge in [0, 0.05) is 53.8 Å². The highest BCUT2D eigenvalue weighted by atomic mass is 16.9. The van der Waals surface area contributed by atoms with Gasteiger partial charge in [-0.05, 0) is 92.5 Å². The molecule has 258 valence electrons. The Balaban J connectivity index is 1.32. The van der Waals surface area contributed by atoms with Crippen LogP contribution in [-0.2, 0) is 19.1 Å². The lowest BCUT2D eigenvalue weighted by atomic mass is 9.80. The molecular formula is C39H56N2O6. The lowest BCUT2D eigenvalue weighted by molar-refractivity contribution is -0.437. The van der Waals surface area contributed by atoms with Crippen LogP contribution in [0.25, 0.3) is 0 Å². The molecule has 2 aromatic carbocycles. The Morgan fingerprint density at radius 2 is 0.915 bits per heavy atom. The van der Waals surface area contributed by atoms with Crippen LogP contribution in [0.15, 0.2) is 60.7 Å². The first-order chi connectivity index (χ1) is 22.1. The summed E-state index contributed by atoms with van der Waals surface area (Å²) in [6, 6.07) is 18.4. The summed E-state index contributed by atoms with van der Waals surface area (Å²) in [6.07, 6.45) is 7.23. The van der Waals surface area contributed by atoms with Crippen LogP contribution in [0.5, 0.6) is 0 Å². The average Bonchev–Trinajstić information content (AvgIpc) is 3.00. The normalized spacial score (nSPS) is 23.8. The quantitative estimate of drug-likeness (QED) is 0.198. The zero-order chi connectivity index (χ0) is 34.0. The Bertz CT molecular complexity index is 1220. The van der Waals surface area contributed by atoms with Crippen molar-refractivity contribution < 1.29 is 28.7 Å². The van der Waals surface area contributed by atoms with E-state index in [4.69, 9.17) is 19.1 Å². The third kappa shape index (κ3) is 8.45. The molecule has 5 rings (SSSR count). The number of carbonyl (C=O) groups is 2. The lowest BCUT2D eigenvalue weighted by Gasteiger charge is -2.57. The van der Waals surface area contributed by atoms with E-state index in [-0.39, 0.29) is 30.1 Å². The van der Waals surface area contributed by atoms with Gasteiger partial charge in [0.1, 0.15) is 12.2 Å². The van der Waals surface area contributed by atoms with Crippen molar-refractivity contribution >= 4 is 11.9 Å². The standard InChI is InChI=1S/C39H56N2O6/c1-36(2)24-31(44-33(42)28-18-12-9-13-19-28)25-37(3,4)40(36)46-35(30-22-16-11-17-23-30)47-41-38(5,6)26-32(27-39(41,7)8)45-34(43)29-20-14-10-15-21-29/h9-10,12-15,18-21,30-32,35H,11,16-17,22-27H2,1-8H3. The number of hydrogen-bond acceptors (Lipinski definition) is 8. The third-order valence-corrected chi connectivity index (χ3v) is 10.1. The number of carbonyl (C=O) groups excluding carboxylic acids is 2. The minimum Gasteiger partial charge on any atom is -0.459 e. The number of piperidine rings is 2. The van der Waals surface area contributed by atoms with E-state index < -0.39 is 28.4 Å². The highest BCUT2D eigenvalue weighted by Crippen LogP contribution is 2.45. The molecule has 1 saturated carbocycles. The van der Waals surface area contributed by atoms with Crippen molar-refractivity contribution in [3.8, 4) is 0 Å². The summed E-state index contributed by atoms with van der Waals surface area (Å²) in [5.41, 5.74) is -0.577. The molecule has 2 aromatic rings. The molecule has 3 aliphatic rings. The fourth-order valence-corrected chi connectivity index (χ4v) is 8.47. The Labute approximate surface area is 282 Å². The highest BCUT2D eigenvalue weighted by Gasteiger charge is 2.52. The molecule has 2 heterocycles. The SMILES string of the molecule is CC1(C)CC(OC(=O)c2ccccc2)CC(C)(C)N1OC(ON1C(C)(C)CC(OC(=O)c2ccccc2)CC1(C)C)C1CCCCC1. The van der Waals surface area contributed by atoms with Crippen molar-refractivity contribution in [3.05, 3.63) is 71.8 Å². The highest BCUT2D eigenvalue weighted by molar-refractivity contribution is 5.89. The van der Waals surface area contributed by atoms with Gasteiger partial charge in [0.25, 0.3) is 0 Å². The molecule has 8 nitrogen and oxygen atoms in total. The molecule has 0 N–H and O–H groups in total. The molecule has 0 spiro atoms. The first-order valence-electron chi connectivity index (χ1n) is 17.5. The van der Waals surface area contributed by atoms with E-state index >= 15 is 0 Å². The van der Waals surface area contributed by atoms with Gasteiger partial charge in [-0.15, -0.1) is 0 Å². The summed E-state index contributed by atoms with van der Waals surface area (Å²) in [5.74, 6) is -0.339. The van der Waals surface area contributed by atoms with Crippen LogP contribution < -0.4 is 0 Å². The molecular weight excluding hydrogens is 592 g/mol. The third-order valence-electron chi connectivity index (χ3n) is 10.1. The Kier molecular flexibility index (Phi) is 10.6. The van der Waals surface area contributed by atoms with Gasteiger partial charge in [-0.3, -0.25) is 9.68 Å². The van der Waals surface area contributed by atoms with E-state index in [1.165, 1.54) is 6.42 Å². The largest absolute Gasteiger partial charge is 0.459 e.